The Labute approximate surface area is 169 Å². The van der Waals surface area contributed by atoms with Crippen molar-refractivity contribution in [1.82, 2.24) is 14.9 Å². The second kappa shape index (κ2) is 9.48. The molecule has 0 unspecified atom stereocenters. The maximum absolute atomic E-state index is 12.5. The van der Waals surface area contributed by atoms with Crippen LogP contribution < -0.4 is 5.32 Å². The van der Waals surface area contributed by atoms with Crippen LogP contribution in [0.15, 0.2) is 48.8 Å². The average Bonchev–Trinajstić information content (AvgIpc) is 2.76. The van der Waals surface area contributed by atoms with Crippen molar-refractivity contribution in [2.45, 2.75) is 13.8 Å². The third kappa shape index (κ3) is 4.58. The van der Waals surface area contributed by atoms with Gasteiger partial charge in [0, 0.05) is 35.9 Å². The summed E-state index contributed by atoms with van der Waals surface area (Å²) in [6.07, 6.45) is 3.32. The molecule has 1 aromatic carbocycles. The minimum atomic E-state index is -0.0257. The van der Waals surface area contributed by atoms with Gasteiger partial charge in [0.25, 0.3) is 5.91 Å². The first-order chi connectivity index (χ1) is 13.7. The van der Waals surface area contributed by atoms with Crippen molar-refractivity contribution in [2.24, 2.45) is 0 Å². The van der Waals surface area contributed by atoms with Gasteiger partial charge in [-0.25, -0.2) is 4.98 Å². The van der Waals surface area contributed by atoms with Gasteiger partial charge in [-0.2, -0.15) is 0 Å². The summed E-state index contributed by atoms with van der Waals surface area (Å²) in [6.45, 7) is 6.37. The minimum Gasteiger partial charge on any atom is -0.378 e. The number of carbonyl (C=O) groups is 1. The number of aromatic nitrogens is 2. The zero-order chi connectivity index (χ0) is 19.9. The number of halogens is 1. The van der Waals surface area contributed by atoms with Crippen molar-refractivity contribution in [1.29, 1.82) is 0 Å². The number of hydrogen-bond acceptors (Lipinski definition) is 5. The van der Waals surface area contributed by atoms with Crippen LogP contribution in [0.5, 0.6) is 0 Å². The molecule has 7 heteroatoms. The second-order valence-corrected chi connectivity index (χ2v) is 6.43. The van der Waals surface area contributed by atoms with Crippen molar-refractivity contribution in [2.75, 3.05) is 31.6 Å². The predicted molar refractivity (Wildman–Crippen MR) is 112 cm³/mol. The van der Waals surface area contributed by atoms with Crippen molar-refractivity contribution in [3.63, 3.8) is 0 Å². The Hall–Kier alpha value is -2.70. The molecule has 1 fully saturated rings. The number of ether oxygens (including phenoxy) is 1. The Morgan fingerprint density at radius 3 is 2.64 bits per heavy atom. The van der Waals surface area contributed by atoms with E-state index in [1.807, 2.05) is 38.1 Å². The van der Waals surface area contributed by atoms with E-state index >= 15 is 0 Å². The maximum Gasteiger partial charge on any atom is 0.255 e. The van der Waals surface area contributed by atoms with E-state index in [4.69, 9.17) is 16.3 Å². The molecule has 6 nitrogen and oxygen atoms in total. The molecular weight excluding hydrogens is 376 g/mol. The second-order valence-electron chi connectivity index (χ2n) is 5.99. The number of nitrogens with zero attached hydrogens (tertiary/aromatic N) is 3. The number of hydrogen-bond donors (Lipinski definition) is 1. The van der Waals surface area contributed by atoms with Gasteiger partial charge in [0.05, 0.1) is 30.0 Å². The Morgan fingerprint density at radius 2 is 1.93 bits per heavy atom. The van der Waals surface area contributed by atoms with E-state index in [0.29, 0.717) is 42.7 Å². The third-order valence-corrected chi connectivity index (χ3v) is 4.46. The van der Waals surface area contributed by atoms with Crippen LogP contribution in [0.3, 0.4) is 0 Å². The summed E-state index contributed by atoms with van der Waals surface area (Å²) in [5.41, 5.74) is 2.14. The average molecular weight is 399 g/mol. The summed E-state index contributed by atoms with van der Waals surface area (Å²) in [4.78, 5) is 23.0. The van der Waals surface area contributed by atoms with E-state index in [-0.39, 0.29) is 5.91 Å². The fourth-order valence-electron chi connectivity index (χ4n) is 2.93. The van der Waals surface area contributed by atoms with Gasteiger partial charge >= 0.3 is 0 Å². The lowest BCUT2D eigenvalue weighted by atomic mass is 10.2. The molecule has 3 heterocycles. The van der Waals surface area contributed by atoms with E-state index in [1.54, 1.807) is 29.4 Å². The molecule has 1 amide bonds. The van der Waals surface area contributed by atoms with Crippen LogP contribution in [-0.4, -0.2) is 47.1 Å². The van der Waals surface area contributed by atoms with Crippen LogP contribution in [0, 0.1) is 0 Å². The molecule has 0 bridgehead atoms. The van der Waals surface area contributed by atoms with Crippen molar-refractivity contribution in [3.05, 3.63) is 59.4 Å². The first-order valence-electron chi connectivity index (χ1n) is 9.35. The molecule has 28 heavy (non-hydrogen) atoms. The Bertz CT molecular complexity index is 941. The Morgan fingerprint density at radius 1 is 1.14 bits per heavy atom. The number of fused-ring (bicyclic) bond motifs is 1. The van der Waals surface area contributed by atoms with Gasteiger partial charge in [0.15, 0.2) is 0 Å². The number of nitrogens with one attached hydrogen (secondary N) is 1. The van der Waals surface area contributed by atoms with Crippen LogP contribution >= 0.6 is 11.6 Å². The molecule has 0 spiro atoms. The molecule has 1 N–H and O–H groups in total. The summed E-state index contributed by atoms with van der Waals surface area (Å²) in [5, 5.41) is 4.79. The highest BCUT2D eigenvalue weighted by Gasteiger charge is 2.18. The summed E-state index contributed by atoms with van der Waals surface area (Å²) in [7, 11) is 0. The lowest BCUT2D eigenvalue weighted by Crippen LogP contribution is -2.40. The molecule has 0 saturated carbocycles. The van der Waals surface area contributed by atoms with Gasteiger partial charge in [-0.1, -0.05) is 31.5 Å². The SMILES string of the molecule is CC.O=C(c1ccc(Nc2cc(Cl)cc3cccnc23)nc1)N1CCOCC1. The predicted octanol–water partition coefficient (Wildman–Crippen LogP) is 4.53. The van der Waals surface area contributed by atoms with Gasteiger partial charge in [0.2, 0.25) is 0 Å². The van der Waals surface area contributed by atoms with Crippen LogP contribution in [0.2, 0.25) is 5.02 Å². The van der Waals surface area contributed by atoms with Crippen LogP contribution in [0.1, 0.15) is 24.2 Å². The molecule has 0 aliphatic carbocycles. The number of benzene rings is 1. The number of amides is 1. The zero-order valence-corrected chi connectivity index (χ0v) is 16.7. The number of anilines is 2. The standard InChI is InChI=1S/C19H17ClN4O2.C2H6/c20-15-10-13-2-1-5-21-18(13)16(11-15)23-17-4-3-14(12-22-17)19(25)24-6-8-26-9-7-24;1-2/h1-5,10-12H,6-9H2,(H,22,23);1-2H3. The Kier molecular flexibility index (Phi) is 6.79. The number of carbonyl (C=O) groups excluding carboxylic acids is 1. The fourth-order valence-corrected chi connectivity index (χ4v) is 3.16. The van der Waals surface area contributed by atoms with E-state index in [9.17, 15) is 4.79 Å². The van der Waals surface area contributed by atoms with Gasteiger partial charge in [0.1, 0.15) is 5.82 Å². The van der Waals surface area contributed by atoms with Crippen molar-refractivity contribution >= 4 is 39.9 Å². The van der Waals surface area contributed by atoms with Gasteiger partial charge in [-0.05, 0) is 30.3 Å². The molecule has 146 valence electrons. The normalized spacial score (nSPS) is 13.6. The monoisotopic (exact) mass is 398 g/mol. The minimum absolute atomic E-state index is 0.0257. The molecular formula is C21H23ClN4O2. The lowest BCUT2D eigenvalue weighted by molar-refractivity contribution is 0.0302. The lowest BCUT2D eigenvalue weighted by Gasteiger charge is -2.26. The highest BCUT2D eigenvalue weighted by molar-refractivity contribution is 6.31. The molecule has 4 rings (SSSR count). The fraction of sp³-hybridized carbons (Fsp3) is 0.286. The first kappa shape index (κ1) is 20.0. The zero-order valence-electron chi connectivity index (χ0n) is 16.0. The van der Waals surface area contributed by atoms with Crippen LogP contribution in [-0.2, 0) is 4.74 Å². The maximum atomic E-state index is 12.5. The van der Waals surface area contributed by atoms with Gasteiger partial charge in [-0.15, -0.1) is 0 Å². The quantitative estimate of drug-likeness (QED) is 0.702. The molecule has 1 saturated heterocycles. The smallest absolute Gasteiger partial charge is 0.255 e. The molecule has 1 aliphatic rings. The molecule has 3 aromatic rings. The summed E-state index contributed by atoms with van der Waals surface area (Å²) in [6, 6.07) is 11.1. The molecule has 1 aliphatic heterocycles. The number of rotatable bonds is 3. The summed E-state index contributed by atoms with van der Waals surface area (Å²) in [5.74, 6) is 0.597. The van der Waals surface area contributed by atoms with E-state index in [0.717, 1.165) is 16.6 Å². The molecule has 0 radical (unpaired) electrons. The van der Waals surface area contributed by atoms with Crippen LogP contribution in [0.25, 0.3) is 10.9 Å². The largest absolute Gasteiger partial charge is 0.378 e. The first-order valence-corrected chi connectivity index (χ1v) is 9.73. The van der Waals surface area contributed by atoms with E-state index < -0.39 is 0 Å². The Balaban J connectivity index is 0.00000109. The van der Waals surface area contributed by atoms with E-state index in [2.05, 4.69) is 15.3 Å². The topological polar surface area (TPSA) is 67.4 Å². The van der Waals surface area contributed by atoms with Gasteiger partial charge < -0.3 is 15.0 Å². The van der Waals surface area contributed by atoms with Crippen molar-refractivity contribution in [3.8, 4) is 0 Å². The van der Waals surface area contributed by atoms with Crippen LogP contribution in [0.4, 0.5) is 11.5 Å². The number of pyridine rings is 2. The third-order valence-electron chi connectivity index (χ3n) is 4.24. The van der Waals surface area contributed by atoms with E-state index in [1.165, 1.54) is 0 Å². The highest BCUT2D eigenvalue weighted by Crippen LogP contribution is 2.28. The van der Waals surface area contributed by atoms with Crippen molar-refractivity contribution < 1.29 is 9.53 Å². The molecule has 0 atom stereocenters. The molecule has 2 aromatic heterocycles. The van der Waals surface area contributed by atoms with Gasteiger partial charge in [-0.3, -0.25) is 9.78 Å². The number of morpholine rings is 1. The highest BCUT2D eigenvalue weighted by atomic mass is 35.5. The summed E-state index contributed by atoms with van der Waals surface area (Å²) >= 11 is 6.19. The summed E-state index contributed by atoms with van der Waals surface area (Å²) < 4.78 is 5.28.